The van der Waals surface area contributed by atoms with Crippen molar-refractivity contribution < 1.29 is 23.1 Å². The summed E-state index contributed by atoms with van der Waals surface area (Å²) in [5.41, 5.74) is 1.98. The Bertz CT molecular complexity index is 839. The van der Waals surface area contributed by atoms with E-state index in [1.165, 1.54) is 31.4 Å². The van der Waals surface area contributed by atoms with Crippen molar-refractivity contribution in [3.63, 3.8) is 0 Å². The quantitative estimate of drug-likeness (QED) is 0.663. The number of carbonyl (C=O) groups excluding carboxylic acids is 1. The summed E-state index contributed by atoms with van der Waals surface area (Å²) in [6.07, 6.45) is 0. The van der Waals surface area contributed by atoms with Crippen LogP contribution in [0.1, 0.15) is 10.4 Å². The molecule has 0 fully saturated rings. The van der Waals surface area contributed by atoms with Crippen molar-refractivity contribution >= 4 is 31.9 Å². The van der Waals surface area contributed by atoms with Crippen LogP contribution in [0.25, 0.3) is 0 Å². The van der Waals surface area contributed by atoms with E-state index in [9.17, 15) is 18.3 Å². The van der Waals surface area contributed by atoms with E-state index in [0.29, 0.717) is 4.47 Å². The van der Waals surface area contributed by atoms with Gasteiger partial charge in [-0.2, -0.15) is 0 Å². The molecule has 23 heavy (non-hydrogen) atoms. The predicted molar refractivity (Wildman–Crippen MR) is 86.6 cm³/mol. The summed E-state index contributed by atoms with van der Waals surface area (Å²) in [5, 5.41) is 9.58. The highest BCUT2D eigenvalue weighted by Gasteiger charge is 2.21. The number of halogens is 1. The minimum atomic E-state index is -4.06. The molecule has 9 heteroatoms. The van der Waals surface area contributed by atoms with E-state index in [4.69, 9.17) is 4.74 Å². The number of phenols is 1. The molecule has 122 valence electrons. The molecule has 0 atom stereocenters. The van der Waals surface area contributed by atoms with Crippen molar-refractivity contribution in [2.45, 2.75) is 4.90 Å². The fourth-order valence-electron chi connectivity index (χ4n) is 1.76. The highest BCUT2D eigenvalue weighted by molar-refractivity contribution is 9.10. The highest BCUT2D eigenvalue weighted by Crippen LogP contribution is 2.26. The number of hydrogen-bond acceptors (Lipinski definition) is 5. The van der Waals surface area contributed by atoms with Crippen LogP contribution in [0.3, 0.4) is 0 Å². The summed E-state index contributed by atoms with van der Waals surface area (Å²) >= 11 is 3.18. The number of carbonyl (C=O) groups is 1. The summed E-state index contributed by atoms with van der Waals surface area (Å²) in [6.45, 7) is 0. The molecule has 0 heterocycles. The third kappa shape index (κ3) is 4.01. The number of hydrazine groups is 1. The van der Waals surface area contributed by atoms with Gasteiger partial charge in [-0.15, -0.1) is 4.83 Å². The number of amides is 1. The van der Waals surface area contributed by atoms with Gasteiger partial charge in [0, 0.05) is 4.47 Å². The van der Waals surface area contributed by atoms with E-state index in [2.05, 4.69) is 15.9 Å². The van der Waals surface area contributed by atoms with Gasteiger partial charge in [-0.05, 0) is 30.3 Å². The molecule has 0 saturated carbocycles. The van der Waals surface area contributed by atoms with Gasteiger partial charge in [0.25, 0.3) is 15.9 Å². The Labute approximate surface area is 141 Å². The van der Waals surface area contributed by atoms with Gasteiger partial charge in [0.2, 0.25) is 0 Å². The predicted octanol–water partition coefficient (Wildman–Crippen LogP) is 1.79. The fraction of sp³-hybridized carbons (Fsp3) is 0.0714. The number of phenolic OH excluding ortho intramolecular Hbond substituents is 1. The highest BCUT2D eigenvalue weighted by atomic mass is 79.9. The number of sulfonamides is 1. The lowest BCUT2D eigenvalue weighted by Crippen LogP contribution is -2.41. The van der Waals surface area contributed by atoms with E-state index in [1.54, 1.807) is 18.2 Å². The molecule has 2 aromatic rings. The second-order valence-corrected chi connectivity index (χ2v) is 6.94. The fourth-order valence-corrected chi connectivity index (χ4v) is 3.31. The van der Waals surface area contributed by atoms with Gasteiger partial charge in [0.05, 0.1) is 12.7 Å². The molecule has 1 amide bonds. The van der Waals surface area contributed by atoms with Gasteiger partial charge in [-0.3, -0.25) is 10.2 Å². The van der Waals surface area contributed by atoms with Crippen molar-refractivity contribution in [3.05, 3.63) is 52.5 Å². The van der Waals surface area contributed by atoms with Crippen LogP contribution < -0.4 is 15.0 Å². The standard InChI is InChI=1S/C14H13BrN2O5S/c1-22-12-7-6-9(15)8-13(12)23(20,21)17-16-14(19)10-4-2-3-5-11(10)18/h2-8,17-18H,1H3,(H,16,19). The molecule has 0 aliphatic carbocycles. The largest absolute Gasteiger partial charge is 0.507 e. The molecule has 0 unspecified atom stereocenters. The van der Waals surface area contributed by atoms with E-state index < -0.39 is 15.9 Å². The molecule has 2 aromatic carbocycles. The van der Waals surface area contributed by atoms with Crippen LogP contribution in [0.4, 0.5) is 0 Å². The van der Waals surface area contributed by atoms with Crippen molar-refractivity contribution in [1.82, 2.24) is 10.3 Å². The zero-order chi connectivity index (χ0) is 17.0. The molecule has 0 spiro atoms. The first-order valence-electron chi connectivity index (χ1n) is 6.29. The summed E-state index contributed by atoms with van der Waals surface area (Å²) in [7, 11) is -2.72. The Hall–Kier alpha value is -2.10. The SMILES string of the molecule is COc1ccc(Br)cc1S(=O)(=O)NNC(=O)c1ccccc1O. The maximum atomic E-state index is 12.3. The molecule has 0 aromatic heterocycles. The maximum absolute atomic E-state index is 12.3. The Morgan fingerprint density at radius 1 is 1.22 bits per heavy atom. The molecule has 3 N–H and O–H groups in total. The second-order valence-electron chi connectivity index (χ2n) is 4.37. The van der Waals surface area contributed by atoms with Crippen LogP contribution in [-0.2, 0) is 10.0 Å². The Kier molecular flexibility index (Phi) is 5.24. The van der Waals surface area contributed by atoms with Crippen LogP contribution in [-0.4, -0.2) is 26.5 Å². The second kappa shape index (κ2) is 6.99. The Morgan fingerprint density at radius 3 is 2.57 bits per heavy atom. The molecule has 0 bridgehead atoms. The molecule has 7 nitrogen and oxygen atoms in total. The number of para-hydroxylation sites is 1. The van der Waals surface area contributed by atoms with Crippen molar-refractivity contribution in [2.75, 3.05) is 7.11 Å². The lowest BCUT2D eigenvalue weighted by Gasteiger charge is -2.12. The molecule has 0 saturated heterocycles. The number of aromatic hydroxyl groups is 1. The molecule has 0 aliphatic rings. The van der Waals surface area contributed by atoms with E-state index >= 15 is 0 Å². The van der Waals surface area contributed by atoms with Gasteiger partial charge in [0.1, 0.15) is 16.4 Å². The molecule has 0 radical (unpaired) electrons. The minimum Gasteiger partial charge on any atom is -0.507 e. The molecule has 0 aliphatic heterocycles. The topological polar surface area (TPSA) is 105 Å². The lowest BCUT2D eigenvalue weighted by atomic mass is 10.2. The first-order valence-corrected chi connectivity index (χ1v) is 8.56. The van der Waals surface area contributed by atoms with Crippen LogP contribution in [0.5, 0.6) is 11.5 Å². The number of methoxy groups -OCH3 is 1. The first kappa shape index (κ1) is 17.3. The first-order chi connectivity index (χ1) is 10.8. The van der Waals surface area contributed by atoms with Crippen LogP contribution in [0, 0.1) is 0 Å². The van der Waals surface area contributed by atoms with Crippen molar-refractivity contribution in [1.29, 1.82) is 0 Å². The number of nitrogens with one attached hydrogen (secondary N) is 2. The van der Waals surface area contributed by atoms with E-state index in [-0.39, 0.29) is 22.0 Å². The monoisotopic (exact) mass is 400 g/mol. The smallest absolute Gasteiger partial charge is 0.269 e. The number of ether oxygens (including phenoxy) is 1. The Balaban J connectivity index is 2.21. The van der Waals surface area contributed by atoms with Crippen molar-refractivity contribution in [2.24, 2.45) is 0 Å². The maximum Gasteiger partial charge on any atom is 0.269 e. The van der Waals surface area contributed by atoms with Gasteiger partial charge >= 0.3 is 0 Å². The van der Waals surface area contributed by atoms with Gasteiger partial charge < -0.3 is 9.84 Å². The van der Waals surface area contributed by atoms with Crippen molar-refractivity contribution in [3.8, 4) is 11.5 Å². The molecular weight excluding hydrogens is 388 g/mol. The third-order valence-corrected chi connectivity index (χ3v) is 4.62. The minimum absolute atomic E-state index is 0.0589. The third-order valence-electron chi connectivity index (χ3n) is 2.86. The summed E-state index contributed by atoms with van der Waals surface area (Å²) in [4.78, 5) is 13.7. The lowest BCUT2D eigenvalue weighted by molar-refractivity contribution is 0.0942. The summed E-state index contributed by atoms with van der Waals surface area (Å²) < 4.78 is 30.1. The summed E-state index contributed by atoms with van der Waals surface area (Å²) in [6, 6.07) is 10.2. The van der Waals surface area contributed by atoms with E-state index in [0.717, 1.165) is 0 Å². The molecule has 2 rings (SSSR count). The number of hydrogen-bond donors (Lipinski definition) is 3. The zero-order valence-corrected chi connectivity index (χ0v) is 14.3. The average molecular weight is 401 g/mol. The zero-order valence-electron chi connectivity index (χ0n) is 11.9. The summed E-state index contributed by atoms with van der Waals surface area (Å²) in [5.74, 6) is -0.928. The van der Waals surface area contributed by atoms with Crippen LogP contribution >= 0.6 is 15.9 Å². The molecular formula is C14H13BrN2O5S. The van der Waals surface area contributed by atoms with Crippen LogP contribution in [0.2, 0.25) is 0 Å². The van der Waals surface area contributed by atoms with Gasteiger partial charge in [0.15, 0.2) is 0 Å². The van der Waals surface area contributed by atoms with Gasteiger partial charge in [-0.1, -0.05) is 28.1 Å². The van der Waals surface area contributed by atoms with Crippen LogP contribution in [0.15, 0.2) is 51.8 Å². The number of rotatable bonds is 5. The van der Waals surface area contributed by atoms with E-state index in [1.807, 2.05) is 10.3 Å². The normalized spacial score (nSPS) is 11.0. The number of benzene rings is 2. The Morgan fingerprint density at radius 2 is 1.91 bits per heavy atom. The average Bonchev–Trinajstić information content (AvgIpc) is 2.53. The van der Waals surface area contributed by atoms with Gasteiger partial charge in [-0.25, -0.2) is 8.42 Å².